The highest BCUT2D eigenvalue weighted by molar-refractivity contribution is 7.89. The average molecular weight is 458 g/mol. The fourth-order valence-electron chi connectivity index (χ4n) is 5.63. The molecule has 5 rings (SSSR count). The molecule has 0 spiro atoms. The van der Waals surface area contributed by atoms with Gasteiger partial charge in [0, 0.05) is 18.8 Å². The molecule has 2 heterocycles. The number of carbonyl (C=O) groups is 3. The zero-order valence-corrected chi connectivity index (χ0v) is 18.6. The number of hydrogen-bond donors (Lipinski definition) is 1. The van der Waals surface area contributed by atoms with Gasteiger partial charge < -0.3 is 5.32 Å². The number of likely N-dealkylation sites (tertiary alicyclic amines) is 1. The Labute approximate surface area is 187 Å². The van der Waals surface area contributed by atoms with Crippen molar-refractivity contribution >= 4 is 33.4 Å². The van der Waals surface area contributed by atoms with Crippen LogP contribution in [0, 0.1) is 23.7 Å². The van der Waals surface area contributed by atoms with Crippen molar-refractivity contribution < 1.29 is 22.8 Å². The molecular weight excluding hydrogens is 430 g/mol. The number of anilines is 1. The minimum Gasteiger partial charge on any atom is -0.324 e. The van der Waals surface area contributed by atoms with E-state index in [-0.39, 0.29) is 46.9 Å². The molecule has 0 aromatic heterocycles. The summed E-state index contributed by atoms with van der Waals surface area (Å²) in [5, 5.41) is 2.66. The number of nitrogens with one attached hydrogen (secondary N) is 1. The lowest BCUT2D eigenvalue weighted by Gasteiger charge is -2.20. The second kappa shape index (κ2) is 8.12. The number of sulfonamides is 1. The normalized spacial score (nSPS) is 29.9. The topological polar surface area (TPSA) is 104 Å². The van der Waals surface area contributed by atoms with Gasteiger partial charge in [-0.15, -0.1) is 0 Å². The molecule has 9 heteroatoms. The molecule has 1 aromatic rings. The first-order valence-electron chi connectivity index (χ1n) is 11.3. The third-order valence-electron chi connectivity index (χ3n) is 7.18. The van der Waals surface area contributed by atoms with Crippen molar-refractivity contribution in [2.45, 2.75) is 37.0 Å². The van der Waals surface area contributed by atoms with Crippen molar-refractivity contribution in [3.8, 4) is 0 Å². The smallest absolute Gasteiger partial charge is 0.244 e. The second-order valence-corrected chi connectivity index (χ2v) is 11.1. The molecule has 0 unspecified atom stereocenters. The molecule has 1 aromatic carbocycles. The van der Waals surface area contributed by atoms with Gasteiger partial charge in [-0.2, -0.15) is 4.31 Å². The predicted molar refractivity (Wildman–Crippen MR) is 117 cm³/mol. The van der Waals surface area contributed by atoms with Gasteiger partial charge in [0.25, 0.3) is 0 Å². The number of allylic oxidation sites excluding steroid dienone is 2. The molecule has 3 fully saturated rings. The fourth-order valence-corrected chi connectivity index (χ4v) is 7.19. The monoisotopic (exact) mass is 457 g/mol. The molecule has 4 atom stereocenters. The number of nitrogens with zero attached hydrogens (tertiary/aromatic N) is 2. The molecule has 1 saturated carbocycles. The second-order valence-electron chi connectivity index (χ2n) is 9.16. The third kappa shape index (κ3) is 3.57. The summed E-state index contributed by atoms with van der Waals surface area (Å²) in [7, 11) is -3.64. The lowest BCUT2D eigenvalue weighted by Crippen LogP contribution is -2.39. The van der Waals surface area contributed by atoms with Crippen molar-refractivity contribution in [3.63, 3.8) is 0 Å². The minimum absolute atomic E-state index is 0.0930. The van der Waals surface area contributed by atoms with Crippen LogP contribution in [0.15, 0.2) is 41.3 Å². The molecule has 32 heavy (non-hydrogen) atoms. The molecular formula is C23H27N3O5S. The summed E-state index contributed by atoms with van der Waals surface area (Å²) in [5.41, 5.74) is 0.326. The Morgan fingerprint density at radius 3 is 2.22 bits per heavy atom. The largest absolute Gasteiger partial charge is 0.324 e. The summed E-state index contributed by atoms with van der Waals surface area (Å²) in [6, 6.07) is 6.14. The standard InChI is InChI=1S/C23H27N3O5S/c27-19(14-26-22(28)20-15-8-9-16(12-15)21(20)23(26)29)24-17-6-5-7-18(13-17)32(30,31)25-10-3-1-2-4-11-25/h5-9,13,15-16,20-21H,1-4,10-12,14H2,(H,24,27)/t15-,16+,20-,21-/m0/s1. The van der Waals surface area contributed by atoms with Gasteiger partial charge in [-0.25, -0.2) is 8.42 Å². The third-order valence-corrected chi connectivity index (χ3v) is 9.08. The number of imide groups is 1. The molecule has 1 N–H and O–H groups in total. The summed E-state index contributed by atoms with van der Waals surface area (Å²) in [5.74, 6) is -1.56. The van der Waals surface area contributed by atoms with Crippen LogP contribution in [-0.4, -0.2) is 55.0 Å². The quantitative estimate of drug-likeness (QED) is 0.538. The van der Waals surface area contributed by atoms with E-state index < -0.39 is 15.9 Å². The van der Waals surface area contributed by atoms with Crippen LogP contribution in [0.4, 0.5) is 5.69 Å². The molecule has 0 radical (unpaired) electrons. The average Bonchev–Trinajstić information content (AvgIpc) is 3.36. The number of fused-ring (bicyclic) bond motifs is 5. The molecule has 4 aliphatic rings. The highest BCUT2D eigenvalue weighted by atomic mass is 32.2. The number of hydrogen-bond acceptors (Lipinski definition) is 5. The number of amides is 3. The Morgan fingerprint density at radius 2 is 1.59 bits per heavy atom. The molecule has 2 saturated heterocycles. The van der Waals surface area contributed by atoms with Gasteiger partial charge in [-0.1, -0.05) is 31.1 Å². The highest BCUT2D eigenvalue weighted by Gasteiger charge is 2.59. The number of carbonyl (C=O) groups excluding carboxylic acids is 3. The molecule has 8 nitrogen and oxygen atoms in total. The maximum absolute atomic E-state index is 13.0. The zero-order valence-electron chi connectivity index (χ0n) is 17.8. The van der Waals surface area contributed by atoms with Crippen molar-refractivity contribution in [3.05, 3.63) is 36.4 Å². The Bertz CT molecular complexity index is 1060. The molecule has 3 amide bonds. The van der Waals surface area contributed by atoms with Crippen molar-refractivity contribution in [1.82, 2.24) is 9.21 Å². The van der Waals surface area contributed by atoms with E-state index in [1.165, 1.54) is 16.4 Å². The fraction of sp³-hybridized carbons (Fsp3) is 0.522. The van der Waals surface area contributed by atoms with Gasteiger partial charge in [0.05, 0.1) is 16.7 Å². The van der Waals surface area contributed by atoms with E-state index in [1.807, 2.05) is 12.2 Å². The van der Waals surface area contributed by atoms with Crippen LogP contribution in [0.25, 0.3) is 0 Å². The molecule has 2 bridgehead atoms. The van der Waals surface area contributed by atoms with Crippen LogP contribution < -0.4 is 5.32 Å². The zero-order chi connectivity index (χ0) is 22.5. The van der Waals surface area contributed by atoms with E-state index in [9.17, 15) is 22.8 Å². The lowest BCUT2D eigenvalue weighted by atomic mass is 9.85. The van der Waals surface area contributed by atoms with E-state index in [0.717, 1.165) is 37.0 Å². The maximum atomic E-state index is 13.0. The molecule has 2 aliphatic carbocycles. The van der Waals surface area contributed by atoms with Gasteiger partial charge in [-0.3, -0.25) is 19.3 Å². The molecule has 2 aliphatic heterocycles. The Kier molecular flexibility index (Phi) is 5.41. The number of benzene rings is 1. The van der Waals surface area contributed by atoms with E-state index in [0.29, 0.717) is 18.8 Å². The summed E-state index contributed by atoms with van der Waals surface area (Å²) >= 11 is 0. The van der Waals surface area contributed by atoms with Crippen molar-refractivity contribution in [1.29, 1.82) is 0 Å². The van der Waals surface area contributed by atoms with Gasteiger partial charge >= 0.3 is 0 Å². The Morgan fingerprint density at radius 1 is 0.969 bits per heavy atom. The van der Waals surface area contributed by atoms with Gasteiger partial charge in [0.15, 0.2) is 0 Å². The van der Waals surface area contributed by atoms with Crippen molar-refractivity contribution in [2.75, 3.05) is 25.0 Å². The summed E-state index contributed by atoms with van der Waals surface area (Å²) in [6.45, 7) is 0.641. The first-order valence-corrected chi connectivity index (χ1v) is 12.7. The van der Waals surface area contributed by atoms with Crippen LogP contribution in [0.2, 0.25) is 0 Å². The van der Waals surface area contributed by atoms with E-state index >= 15 is 0 Å². The molecule has 170 valence electrons. The van der Waals surface area contributed by atoms with Crippen LogP contribution >= 0.6 is 0 Å². The van der Waals surface area contributed by atoms with Gasteiger partial charge in [0.1, 0.15) is 6.54 Å². The first kappa shape index (κ1) is 21.3. The summed E-state index contributed by atoms with van der Waals surface area (Å²) < 4.78 is 27.6. The van der Waals surface area contributed by atoms with E-state index in [2.05, 4.69) is 5.32 Å². The van der Waals surface area contributed by atoms with Crippen LogP contribution in [0.5, 0.6) is 0 Å². The van der Waals surface area contributed by atoms with Crippen LogP contribution in [0.1, 0.15) is 32.1 Å². The minimum atomic E-state index is -3.64. The van der Waals surface area contributed by atoms with Gasteiger partial charge in [0.2, 0.25) is 27.7 Å². The summed E-state index contributed by atoms with van der Waals surface area (Å²) in [4.78, 5) is 39.4. The highest BCUT2D eigenvalue weighted by Crippen LogP contribution is 2.52. The first-order chi connectivity index (χ1) is 15.4. The number of rotatable bonds is 5. The lowest BCUT2D eigenvalue weighted by molar-refractivity contribution is -0.143. The van der Waals surface area contributed by atoms with Crippen molar-refractivity contribution in [2.24, 2.45) is 23.7 Å². The van der Waals surface area contributed by atoms with Crippen LogP contribution in [0.3, 0.4) is 0 Å². The Hall–Kier alpha value is -2.52. The van der Waals surface area contributed by atoms with Gasteiger partial charge in [-0.05, 0) is 49.3 Å². The van der Waals surface area contributed by atoms with E-state index in [4.69, 9.17) is 0 Å². The predicted octanol–water partition coefficient (Wildman–Crippen LogP) is 2.00. The van der Waals surface area contributed by atoms with Crippen LogP contribution in [-0.2, 0) is 24.4 Å². The Balaban J connectivity index is 1.27. The summed E-state index contributed by atoms with van der Waals surface area (Å²) in [6.07, 6.45) is 8.59. The SMILES string of the molecule is O=C(CN1C(=O)[C@@H]2[C@@H](C1=O)[C@H]1C=C[C@@H]2C1)Nc1cccc(S(=O)(=O)N2CCCCCC2)c1. The van der Waals surface area contributed by atoms with E-state index in [1.54, 1.807) is 12.1 Å². The maximum Gasteiger partial charge on any atom is 0.244 e.